The second-order valence-electron chi connectivity index (χ2n) is 7.54. The van der Waals surface area contributed by atoms with Crippen LogP contribution in [-0.2, 0) is 11.2 Å². The van der Waals surface area contributed by atoms with E-state index in [1.54, 1.807) is 6.20 Å². The van der Waals surface area contributed by atoms with E-state index in [0.29, 0.717) is 29.0 Å². The van der Waals surface area contributed by atoms with Gasteiger partial charge in [0, 0.05) is 49.4 Å². The summed E-state index contributed by atoms with van der Waals surface area (Å²) in [6.45, 7) is 1.66. The molecule has 4 aliphatic heterocycles. The first-order chi connectivity index (χ1) is 12.1. The minimum atomic E-state index is -0.944. The SMILES string of the molecule is O=C(O)C1=CN(C2CC2)c2nc(N3CC4CCC3CN4)c(F)cc2C1. The molecule has 1 aromatic heterocycles. The number of pyridine rings is 1. The Morgan fingerprint density at radius 2 is 2.04 bits per heavy atom. The fourth-order valence-corrected chi connectivity index (χ4v) is 4.27. The number of aliphatic carboxylic acids is 1. The number of rotatable bonds is 3. The molecule has 5 heterocycles. The third kappa shape index (κ3) is 2.49. The maximum atomic E-state index is 14.8. The molecular weight excluding hydrogens is 323 g/mol. The predicted octanol–water partition coefficient (Wildman–Crippen LogP) is 1.65. The third-order valence-electron chi connectivity index (χ3n) is 5.77. The van der Waals surface area contributed by atoms with Gasteiger partial charge in [0.2, 0.25) is 0 Å². The lowest BCUT2D eigenvalue weighted by Gasteiger charge is -2.46. The molecular formula is C18H21FN4O2. The lowest BCUT2D eigenvalue weighted by molar-refractivity contribution is -0.132. The number of halogens is 1. The molecule has 2 bridgehead atoms. The highest BCUT2D eigenvalue weighted by Gasteiger charge is 2.38. The number of aromatic nitrogens is 1. The van der Waals surface area contributed by atoms with Gasteiger partial charge in [0.05, 0.1) is 5.57 Å². The third-order valence-corrected chi connectivity index (χ3v) is 5.77. The van der Waals surface area contributed by atoms with E-state index in [-0.39, 0.29) is 18.3 Å². The van der Waals surface area contributed by atoms with Crippen molar-refractivity contribution < 1.29 is 14.3 Å². The summed E-state index contributed by atoms with van der Waals surface area (Å²) >= 11 is 0. The molecule has 1 saturated carbocycles. The van der Waals surface area contributed by atoms with Crippen molar-refractivity contribution in [2.75, 3.05) is 22.9 Å². The van der Waals surface area contributed by atoms with Gasteiger partial charge in [-0.25, -0.2) is 14.2 Å². The van der Waals surface area contributed by atoms with Gasteiger partial charge in [-0.15, -0.1) is 0 Å². The number of hydrogen-bond acceptors (Lipinski definition) is 5. The van der Waals surface area contributed by atoms with Crippen molar-refractivity contribution in [1.29, 1.82) is 0 Å². The van der Waals surface area contributed by atoms with Crippen molar-refractivity contribution in [2.45, 2.75) is 50.2 Å². The van der Waals surface area contributed by atoms with Gasteiger partial charge in [-0.1, -0.05) is 0 Å². The first kappa shape index (κ1) is 15.1. The Bertz CT molecular complexity index is 769. The summed E-state index contributed by atoms with van der Waals surface area (Å²) < 4.78 is 14.8. The highest BCUT2D eigenvalue weighted by molar-refractivity contribution is 5.89. The number of carboxylic acid groups (broad SMARTS) is 1. The number of hydrogen-bond donors (Lipinski definition) is 2. The van der Waals surface area contributed by atoms with Crippen LogP contribution in [0.1, 0.15) is 31.2 Å². The second kappa shape index (κ2) is 5.42. The van der Waals surface area contributed by atoms with Gasteiger partial charge in [-0.2, -0.15) is 0 Å². The lowest BCUT2D eigenvalue weighted by atomic mass is 9.93. The quantitative estimate of drug-likeness (QED) is 0.869. The van der Waals surface area contributed by atoms with E-state index in [1.807, 2.05) is 4.90 Å². The molecule has 0 amide bonds. The number of carboxylic acids is 1. The van der Waals surface area contributed by atoms with Gasteiger partial charge in [0.1, 0.15) is 5.82 Å². The van der Waals surface area contributed by atoms with Crippen LogP contribution in [0.3, 0.4) is 0 Å². The lowest BCUT2D eigenvalue weighted by Crippen LogP contribution is -2.61. The fraction of sp³-hybridized carbons (Fsp3) is 0.556. The highest BCUT2D eigenvalue weighted by Crippen LogP contribution is 2.39. The van der Waals surface area contributed by atoms with Crippen molar-refractivity contribution in [3.8, 4) is 0 Å². The van der Waals surface area contributed by atoms with E-state index < -0.39 is 5.97 Å². The Labute approximate surface area is 145 Å². The molecule has 5 aliphatic rings. The monoisotopic (exact) mass is 344 g/mol. The Morgan fingerprint density at radius 3 is 2.64 bits per heavy atom. The minimum Gasteiger partial charge on any atom is -0.478 e. The van der Waals surface area contributed by atoms with Gasteiger partial charge >= 0.3 is 5.97 Å². The molecule has 132 valence electrons. The topological polar surface area (TPSA) is 68.7 Å². The molecule has 2 N–H and O–H groups in total. The zero-order valence-electron chi connectivity index (χ0n) is 13.9. The Kier molecular flexibility index (Phi) is 3.28. The van der Waals surface area contributed by atoms with Crippen LogP contribution in [0.4, 0.5) is 16.0 Å². The molecule has 25 heavy (non-hydrogen) atoms. The summed E-state index contributed by atoms with van der Waals surface area (Å²) in [5.74, 6) is -0.125. The maximum Gasteiger partial charge on any atom is 0.333 e. The number of carbonyl (C=O) groups is 1. The van der Waals surface area contributed by atoms with Crippen LogP contribution in [0.5, 0.6) is 0 Å². The van der Waals surface area contributed by atoms with Gasteiger partial charge in [0.25, 0.3) is 0 Å². The molecule has 2 unspecified atom stereocenters. The number of anilines is 2. The van der Waals surface area contributed by atoms with Crippen LogP contribution in [0.2, 0.25) is 0 Å². The predicted molar refractivity (Wildman–Crippen MR) is 91.3 cm³/mol. The van der Waals surface area contributed by atoms with Crippen molar-refractivity contribution >= 4 is 17.6 Å². The van der Waals surface area contributed by atoms with Crippen LogP contribution >= 0.6 is 0 Å². The molecule has 6 nitrogen and oxygen atoms in total. The summed E-state index contributed by atoms with van der Waals surface area (Å²) in [6.07, 6.45) is 6.16. The molecule has 0 aromatic carbocycles. The Hall–Kier alpha value is -2.15. The summed E-state index contributed by atoms with van der Waals surface area (Å²) in [5.41, 5.74) is 0.975. The average Bonchev–Trinajstić information content (AvgIpc) is 3.46. The molecule has 0 radical (unpaired) electrons. The van der Waals surface area contributed by atoms with Crippen LogP contribution < -0.4 is 15.1 Å². The number of nitrogens with zero attached hydrogens (tertiary/aromatic N) is 3. The number of piperidine rings is 2. The summed E-state index contributed by atoms with van der Waals surface area (Å²) in [4.78, 5) is 20.2. The largest absolute Gasteiger partial charge is 0.478 e. The summed E-state index contributed by atoms with van der Waals surface area (Å²) in [7, 11) is 0. The normalized spacial score (nSPS) is 28.0. The first-order valence-electron chi connectivity index (χ1n) is 9.02. The molecule has 7 heteroatoms. The average molecular weight is 344 g/mol. The number of piperazine rings is 1. The van der Waals surface area contributed by atoms with Crippen LogP contribution in [0.25, 0.3) is 0 Å². The smallest absolute Gasteiger partial charge is 0.333 e. The molecule has 2 atom stereocenters. The van der Waals surface area contributed by atoms with E-state index in [1.165, 1.54) is 6.07 Å². The molecule has 3 saturated heterocycles. The Morgan fingerprint density at radius 1 is 1.24 bits per heavy atom. The van der Waals surface area contributed by atoms with Crippen molar-refractivity contribution in [3.05, 3.63) is 29.2 Å². The van der Waals surface area contributed by atoms with Crippen molar-refractivity contribution in [3.63, 3.8) is 0 Å². The van der Waals surface area contributed by atoms with Gasteiger partial charge in [0.15, 0.2) is 11.6 Å². The molecule has 1 aromatic rings. The second-order valence-corrected chi connectivity index (χ2v) is 7.54. The van der Waals surface area contributed by atoms with Gasteiger partial charge in [-0.3, -0.25) is 0 Å². The van der Waals surface area contributed by atoms with Gasteiger partial charge in [-0.05, 0) is 31.7 Å². The standard InChI is InChI=1S/C18H21FN4O2/c19-15-6-10-5-11(18(24)25)8-22(13-3-4-13)16(10)21-17(15)23-9-12-1-2-14(23)7-20-12/h6,8,12-14,20H,1-5,7,9H2,(H,24,25). The van der Waals surface area contributed by atoms with Crippen molar-refractivity contribution in [1.82, 2.24) is 10.3 Å². The van der Waals surface area contributed by atoms with E-state index in [9.17, 15) is 14.3 Å². The van der Waals surface area contributed by atoms with E-state index in [4.69, 9.17) is 4.98 Å². The molecule has 4 fully saturated rings. The summed E-state index contributed by atoms with van der Waals surface area (Å²) in [6, 6.07) is 2.48. The van der Waals surface area contributed by atoms with Crippen molar-refractivity contribution in [2.24, 2.45) is 0 Å². The summed E-state index contributed by atoms with van der Waals surface area (Å²) in [5, 5.41) is 12.8. The number of fused-ring (bicyclic) bond motifs is 4. The van der Waals surface area contributed by atoms with Crippen LogP contribution in [0.15, 0.2) is 17.8 Å². The minimum absolute atomic E-state index is 0.228. The molecule has 1 aliphatic carbocycles. The van der Waals surface area contributed by atoms with Gasteiger partial charge < -0.3 is 20.2 Å². The van der Waals surface area contributed by atoms with E-state index in [0.717, 1.165) is 44.6 Å². The molecule has 6 rings (SSSR count). The van der Waals surface area contributed by atoms with Crippen LogP contribution in [0, 0.1) is 5.82 Å². The molecule has 0 spiro atoms. The Balaban J connectivity index is 1.55. The zero-order chi connectivity index (χ0) is 17.1. The maximum absolute atomic E-state index is 14.8. The van der Waals surface area contributed by atoms with Crippen LogP contribution in [-0.4, -0.2) is 47.3 Å². The van der Waals surface area contributed by atoms with E-state index in [2.05, 4.69) is 10.2 Å². The fourth-order valence-electron chi connectivity index (χ4n) is 4.27. The number of nitrogens with one attached hydrogen (secondary N) is 1. The van der Waals surface area contributed by atoms with E-state index >= 15 is 0 Å². The zero-order valence-corrected chi connectivity index (χ0v) is 13.9. The highest BCUT2D eigenvalue weighted by atomic mass is 19.1. The first-order valence-corrected chi connectivity index (χ1v) is 9.02.